The molecule has 1 aromatic rings. The van der Waals surface area contributed by atoms with Crippen molar-refractivity contribution < 1.29 is 19.4 Å². The molecule has 2 N–H and O–H groups in total. The van der Waals surface area contributed by atoms with Crippen molar-refractivity contribution in [3.05, 3.63) is 28.2 Å². The van der Waals surface area contributed by atoms with Gasteiger partial charge in [-0.05, 0) is 12.5 Å². The zero-order valence-electron chi connectivity index (χ0n) is 12.2. The number of hydrogen-bond donors (Lipinski definition) is 2. The number of amides is 1. The number of methoxy groups -OCH3 is 2. The predicted molar refractivity (Wildman–Crippen MR) is 75.2 cm³/mol. The van der Waals surface area contributed by atoms with E-state index in [0.717, 1.165) is 0 Å². The van der Waals surface area contributed by atoms with E-state index in [1.165, 1.54) is 31.0 Å². The van der Waals surface area contributed by atoms with Gasteiger partial charge in [-0.25, -0.2) is 4.68 Å². The van der Waals surface area contributed by atoms with Gasteiger partial charge in [0.25, 0.3) is 11.5 Å². The van der Waals surface area contributed by atoms with Gasteiger partial charge in [0, 0.05) is 26.9 Å². The summed E-state index contributed by atoms with van der Waals surface area (Å²) in [5, 5.41) is 15.6. The van der Waals surface area contributed by atoms with Gasteiger partial charge in [0.15, 0.2) is 0 Å². The molecule has 0 saturated carbocycles. The fourth-order valence-electron chi connectivity index (χ4n) is 1.72. The molecule has 118 valence electrons. The van der Waals surface area contributed by atoms with Crippen LogP contribution in [-0.4, -0.2) is 60.9 Å². The summed E-state index contributed by atoms with van der Waals surface area (Å²) < 4.78 is 11.0. The van der Waals surface area contributed by atoms with Crippen molar-refractivity contribution in [1.29, 1.82) is 0 Å². The zero-order valence-corrected chi connectivity index (χ0v) is 12.2. The number of aliphatic hydroxyl groups is 1. The van der Waals surface area contributed by atoms with E-state index in [0.29, 0.717) is 13.0 Å². The number of aliphatic hydroxyl groups excluding tert-OH is 1. The number of hydrogen-bond acceptors (Lipinski definition) is 6. The maximum absolute atomic E-state index is 12.1. The second-order valence-electron chi connectivity index (χ2n) is 4.41. The molecule has 0 spiro atoms. The van der Waals surface area contributed by atoms with Crippen molar-refractivity contribution in [2.45, 2.75) is 19.0 Å². The van der Waals surface area contributed by atoms with E-state index in [1.54, 1.807) is 0 Å². The van der Waals surface area contributed by atoms with Gasteiger partial charge in [-0.2, -0.15) is 5.10 Å². The first-order chi connectivity index (χ1) is 10.1. The Bertz CT molecular complexity index is 497. The quantitative estimate of drug-likeness (QED) is 0.607. The second kappa shape index (κ2) is 9.22. The molecule has 8 nitrogen and oxygen atoms in total. The molecule has 1 amide bonds. The van der Waals surface area contributed by atoms with Crippen molar-refractivity contribution >= 4 is 5.91 Å². The Hall–Kier alpha value is -1.77. The minimum atomic E-state index is -0.420. The van der Waals surface area contributed by atoms with Crippen LogP contribution in [0.1, 0.15) is 16.9 Å². The molecule has 0 aliphatic heterocycles. The highest BCUT2D eigenvalue weighted by molar-refractivity contribution is 5.92. The summed E-state index contributed by atoms with van der Waals surface area (Å²) >= 11 is 0. The molecule has 1 unspecified atom stereocenters. The minimum absolute atomic E-state index is 0.0604. The van der Waals surface area contributed by atoms with Crippen molar-refractivity contribution in [1.82, 2.24) is 15.1 Å². The van der Waals surface area contributed by atoms with Gasteiger partial charge in [-0.15, -0.1) is 0 Å². The first-order valence-electron chi connectivity index (χ1n) is 6.60. The third-order valence-corrected chi connectivity index (χ3v) is 2.79. The molecule has 1 heterocycles. The highest BCUT2D eigenvalue weighted by Crippen LogP contribution is 1.97. The number of nitrogens with zero attached hydrogens (tertiary/aromatic N) is 2. The fourth-order valence-corrected chi connectivity index (χ4v) is 1.72. The monoisotopic (exact) mass is 299 g/mol. The summed E-state index contributed by atoms with van der Waals surface area (Å²) in [7, 11) is 3.03. The van der Waals surface area contributed by atoms with Gasteiger partial charge in [0.2, 0.25) is 0 Å². The number of aromatic nitrogens is 2. The van der Waals surface area contributed by atoms with E-state index in [-0.39, 0.29) is 37.1 Å². The molecule has 0 aromatic carbocycles. The van der Waals surface area contributed by atoms with Crippen molar-refractivity contribution in [3.63, 3.8) is 0 Å². The molecule has 0 saturated heterocycles. The van der Waals surface area contributed by atoms with Crippen molar-refractivity contribution in [3.8, 4) is 0 Å². The van der Waals surface area contributed by atoms with Crippen LogP contribution in [0, 0.1) is 0 Å². The Labute approximate surface area is 122 Å². The van der Waals surface area contributed by atoms with Crippen LogP contribution in [0.5, 0.6) is 0 Å². The second-order valence-corrected chi connectivity index (χ2v) is 4.41. The molecule has 1 rings (SSSR count). The molecular formula is C13H21N3O5. The van der Waals surface area contributed by atoms with Crippen LogP contribution < -0.4 is 10.9 Å². The summed E-state index contributed by atoms with van der Waals surface area (Å²) in [5.74, 6) is -0.420. The molecule has 0 fully saturated rings. The van der Waals surface area contributed by atoms with E-state index < -0.39 is 5.91 Å². The standard InChI is InChI=1S/C13H21N3O5/c1-20-8-6-16-12(18)4-3-11(15-16)13(19)14-10(5-7-17)9-21-2/h3-4,10,17H,5-9H2,1-2H3,(H,14,19). The van der Waals surface area contributed by atoms with Gasteiger partial charge < -0.3 is 19.9 Å². The van der Waals surface area contributed by atoms with Crippen LogP contribution in [0.25, 0.3) is 0 Å². The minimum Gasteiger partial charge on any atom is -0.396 e. The topological polar surface area (TPSA) is 103 Å². The molecule has 1 aromatic heterocycles. The Morgan fingerprint density at radius 1 is 1.43 bits per heavy atom. The Balaban J connectivity index is 2.79. The zero-order chi connectivity index (χ0) is 15.7. The third kappa shape index (κ3) is 5.62. The lowest BCUT2D eigenvalue weighted by Gasteiger charge is -2.16. The van der Waals surface area contributed by atoms with Gasteiger partial charge in [-0.1, -0.05) is 0 Å². The Kier molecular flexibility index (Phi) is 7.59. The van der Waals surface area contributed by atoms with E-state index in [9.17, 15) is 9.59 Å². The van der Waals surface area contributed by atoms with E-state index in [1.807, 2.05) is 0 Å². The molecule has 0 radical (unpaired) electrons. The first kappa shape index (κ1) is 17.3. The molecule has 0 bridgehead atoms. The van der Waals surface area contributed by atoms with Gasteiger partial charge in [0.05, 0.1) is 25.8 Å². The van der Waals surface area contributed by atoms with Crippen LogP contribution in [0.4, 0.5) is 0 Å². The van der Waals surface area contributed by atoms with Crippen LogP contribution in [0.2, 0.25) is 0 Å². The summed E-state index contributed by atoms with van der Waals surface area (Å²) in [6, 6.07) is 2.34. The highest BCUT2D eigenvalue weighted by atomic mass is 16.5. The normalized spacial score (nSPS) is 12.1. The number of nitrogens with one attached hydrogen (secondary N) is 1. The maximum atomic E-state index is 12.1. The van der Waals surface area contributed by atoms with Crippen LogP contribution in [0.3, 0.4) is 0 Å². The average molecular weight is 299 g/mol. The van der Waals surface area contributed by atoms with Crippen LogP contribution >= 0.6 is 0 Å². The lowest BCUT2D eigenvalue weighted by Crippen LogP contribution is -2.40. The lowest BCUT2D eigenvalue weighted by atomic mass is 10.2. The summed E-state index contributed by atoms with van der Waals surface area (Å²) in [6.45, 7) is 0.827. The van der Waals surface area contributed by atoms with E-state index in [2.05, 4.69) is 10.4 Å². The van der Waals surface area contributed by atoms with E-state index in [4.69, 9.17) is 14.6 Å². The van der Waals surface area contributed by atoms with Crippen molar-refractivity contribution in [2.75, 3.05) is 34.0 Å². The number of ether oxygens (including phenoxy) is 2. The maximum Gasteiger partial charge on any atom is 0.272 e. The molecule has 1 atom stereocenters. The number of carbonyl (C=O) groups excluding carboxylic acids is 1. The lowest BCUT2D eigenvalue weighted by molar-refractivity contribution is 0.0870. The first-order valence-corrected chi connectivity index (χ1v) is 6.60. The third-order valence-electron chi connectivity index (χ3n) is 2.79. The van der Waals surface area contributed by atoms with Crippen LogP contribution in [0.15, 0.2) is 16.9 Å². The van der Waals surface area contributed by atoms with E-state index >= 15 is 0 Å². The Morgan fingerprint density at radius 2 is 2.19 bits per heavy atom. The molecule has 0 aliphatic carbocycles. The van der Waals surface area contributed by atoms with Crippen molar-refractivity contribution in [2.24, 2.45) is 0 Å². The molecule has 21 heavy (non-hydrogen) atoms. The largest absolute Gasteiger partial charge is 0.396 e. The average Bonchev–Trinajstić information content (AvgIpc) is 2.47. The van der Waals surface area contributed by atoms with Gasteiger partial charge in [-0.3, -0.25) is 9.59 Å². The van der Waals surface area contributed by atoms with Crippen LogP contribution in [-0.2, 0) is 16.0 Å². The summed E-state index contributed by atoms with van der Waals surface area (Å²) in [4.78, 5) is 23.7. The van der Waals surface area contributed by atoms with Gasteiger partial charge >= 0.3 is 0 Å². The summed E-state index contributed by atoms with van der Waals surface area (Å²) in [6.07, 6.45) is 0.378. The summed E-state index contributed by atoms with van der Waals surface area (Å²) in [5.41, 5.74) is -0.169. The fraction of sp³-hybridized carbons (Fsp3) is 0.615. The Morgan fingerprint density at radius 3 is 2.81 bits per heavy atom. The number of carbonyl (C=O) groups is 1. The smallest absolute Gasteiger partial charge is 0.272 e. The molecular weight excluding hydrogens is 278 g/mol. The predicted octanol–water partition coefficient (Wildman–Crippen LogP) is -0.983. The highest BCUT2D eigenvalue weighted by Gasteiger charge is 2.15. The number of rotatable bonds is 9. The molecule has 8 heteroatoms. The molecule has 0 aliphatic rings. The SMILES string of the molecule is COCCn1nc(C(=O)NC(CCO)COC)ccc1=O. The van der Waals surface area contributed by atoms with Gasteiger partial charge in [0.1, 0.15) is 5.69 Å².